The molecule has 2 nitrogen and oxygen atoms in total. The van der Waals surface area contributed by atoms with Crippen LogP contribution < -0.4 is 5.32 Å². The van der Waals surface area contributed by atoms with Crippen LogP contribution in [0.3, 0.4) is 0 Å². The molecule has 1 atom stereocenters. The Morgan fingerprint density at radius 1 is 1.38 bits per heavy atom. The van der Waals surface area contributed by atoms with Crippen molar-refractivity contribution in [1.82, 2.24) is 10.3 Å². The van der Waals surface area contributed by atoms with Crippen LogP contribution in [0.2, 0.25) is 5.15 Å². The van der Waals surface area contributed by atoms with Gasteiger partial charge in [-0.1, -0.05) is 43.9 Å². The number of pyridine rings is 1. The summed E-state index contributed by atoms with van der Waals surface area (Å²) in [5.41, 5.74) is 1.08. The summed E-state index contributed by atoms with van der Waals surface area (Å²) < 4.78 is 0. The summed E-state index contributed by atoms with van der Waals surface area (Å²) >= 11 is 6.03. The second-order valence-corrected chi connectivity index (χ2v) is 4.48. The van der Waals surface area contributed by atoms with Crippen molar-refractivity contribution >= 4 is 11.6 Å². The minimum atomic E-state index is 0.280. The Morgan fingerprint density at radius 2 is 2.19 bits per heavy atom. The Bertz CT molecular complexity index is 302. The SMILES string of the molecule is CCCCCCNC(C)c1cccnc1Cl. The summed E-state index contributed by atoms with van der Waals surface area (Å²) in [7, 11) is 0. The van der Waals surface area contributed by atoms with Crippen molar-refractivity contribution in [3.05, 3.63) is 29.0 Å². The van der Waals surface area contributed by atoms with Crippen molar-refractivity contribution in [2.45, 2.75) is 45.6 Å². The minimum Gasteiger partial charge on any atom is -0.310 e. The van der Waals surface area contributed by atoms with Gasteiger partial charge in [0.2, 0.25) is 0 Å². The van der Waals surface area contributed by atoms with Gasteiger partial charge in [-0.05, 0) is 26.0 Å². The van der Waals surface area contributed by atoms with Crippen molar-refractivity contribution in [3.63, 3.8) is 0 Å². The van der Waals surface area contributed by atoms with E-state index in [9.17, 15) is 0 Å². The molecule has 0 aliphatic heterocycles. The molecule has 1 rings (SSSR count). The average Bonchev–Trinajstić information content (AvgIpc) is 2.29. The van der Waals surface area contributed by atoms with Gasteiger partial charge < -0.3 is 5.32 Å². The molecule has 1 N–H and O–H groups in total. The maximum Gasteiger partial charge on any atom is 0.133 e. The predicted octanol–water partition coefficient (Wildman–Crippen LogP) is 3.97. The fourth-order valence-corrected chi connectivity index (χ4v) is 1.98. The summed E-state index contributed by atoms with van der Waals surface area (Å²) in [6, 6.07) is 4.23. The lowest BCUT2D eigenvalue weighted by Gasteiger charge is -2.14. The minimum absolute atomic E-state index is 0.280. The van der Waals surface area contributed by atoms with Crippen molar-refractivity contribution < 1.29 is 0 Å². The fraction of sp³-hybridized carbons (Fsp3) is 0.615. The van der Waals surface area contributed by atoms with E-state index in [1.54, 1.807) is 6.20 Å². The van der Waals surface area contributed by atoms with Crippen LogP contribution in [-0.4, -0.2) is 11.5 Å². The lowest BCUT2D eigenvalue weighted by Crippen LogP contribution is -2.20. The summed E-state index contributed by atoms with van der Waals surface area (Å²) in [6.07, 6.45) is 6.86. The zero-order valence-corrected chi connectivity index (χ0v) is 10.9. The van der Waals surface area contributed by atoms with Gasteiger partial charge in [-0.3, -0.25) is 0 Å². The monoisotopic (exact) mass is 240 g/mol. The Hall–Kier alpha value is -0.600. The van der Waals surface area contributed by atoms with Crippen LogP contribution in [0.5, 0.6) is 0 Å². The van der Waals surface area contributed by atoms with Crippen LogP contribution in [-0.2, 0) is 0 Å². The Labute approximate surface area is 103 Å². The van der Waals surface area contributed by atoms with Gasteiger partial charge in [-0.15, -0.1) is 0 Å². The topological polar surface area (TPSA) is 24.9 Å². The van der Waals surface area contributed by atoms with E-state index in [1.165, 1.54) is 25.7 Å². The highest BCUT2D eigenvalue weighted by molar-refractivity contribution is 6.30. The lowest BCUT2D eigenvalue weighted by atomic mass is 10.1. The molecule has 0 bridgehead atoms. The van der Waals surface area contributed by atoms with E-state index in [-0.39, 0.29) is 6.04 Å². The molecule has 0 aromatic carbocycles. The number of unbranched alkanes of at least 4 members (excludes halogenated alkanes) is 3. The standard InChI is InChI=1S/C13H21ClN2/c1-3-4-5-6-9-15-11(2)12-8-7-10-16-13(12)14/h7-8,10-11,15H,3-6,9H2,1-2H3. The molecule has 16 heavy (non-hydrogen) atoms. The Morgan fingerprint density at radius 3 is 2.88 bits per heavy atom. The molecule has 3 heteroatoms. The molecule has 1 aromatic heterocycles. The van der Waals surface area contributed by atoms with Crippen LogP contribution in [0.25, 0.3) is 0 Å². The molecule has 1 unspecified atom stereocenters. The quantitative estimate of drug-likeness (QED) is 0.576. The molecule has 1 aromatic rings. The molecule has 0 spiro atoms. The highest BCUT2D eigenvalue weighted by atomic mass is 35.5. The van der Waals surface area contributed by atoms with Crippen molar-refractivity contribution in [1.29, 1.82) is 0 Å². The summed E-state index contributed by atoms with van der Waals surface area (Å²) in [6.45, 7) is 5.40. The first kappa shape index (κ1) is 13.5. The highest BCUT2D eigenvalue weighted by Gasteiger charge is 2.08. The Kier molecular flexibility index (Phi) is 6.43. The number of nitrogens with zero attached hydrogens (tertiary/aromatic N) is 1. The average molecular weight is 241 g/mol. The first-order chi connectivity index (χ1) is 7.75. The largest absolute Gasteiger partial charge is 0.310 e. The first-order valence-electron chi connectivity index (χ1n) is 6.09. The van der Waals surface area contributed by atoms with Gasteiger partial charge in [0.1, 0.15) is 5.15 Å². The van der Waals surface area contributed by atoms with E-state index in [4.69, 9.17) is 11.6 Å². The van der Waals surface area contributed by atoms with E-state index < -0.39 is 0 Å². The smallest absolute Gasteiger partial charge is 0.133 e. The third kappa shape index (κ3) is 4.50. The molecule has 0 aliphatic carbocycles. The maximum atomic E-state index is 6.03. The van der Waals surface area contributed by atoms with Gasteiger partial charge in [-0.25, -0.2) is 4.98 Å². The number of rotatable bonds is 7. The molecule has 0 saturated heterocycles. The summed E-state index contributed by atoms with van der Waals surface area (Å²) in [4.78, 5) is 4.08. The van der Waals surface area contributed by atoms with Gasteiger partial charge in [0.15, 0.2) is 0 Å². The van der Waals surface area contributed by atoms with Crippen LogP contribution in [0.4, 0.5) is 0 Å². The van der Waals surface area contributed by atoms with Crippen LogP contribution in [0.15, 0.2) is 18.3 Å². The molecule has 0 saturated carbocycles. The van der Waals surface area contributed by atoms with E-state index in [1.807, 2.05) is 12.1 Å². The zero-order chi connectivity index (χ0) is 11.8. The molecule has 0 radical (unpaired) electrons. The third-order valence-electron chi connectivity index (χ3n) is 2.74. The molecule has 0 aliphatic rings. The molecular formula is C13H21ClN2. The van der Waals surface area contributed by atoms with E-state index >= 15 is 0 Å². The van der Waals surface area contributed by atoms with Gasteiger partial charge in [-0.2, -0.15) is 0 Å². The van der Waals surface area contributed by atoms with Gasteiger partial charge in [0, 0.05) is 17.8 Å². The normalized spacial score (nSPS) is 12.7. The predicted molar refractivity (Wildman–Crippen MR) is 69.8 cm³/mol. The van der Waals surface area contributed by atoms with Crippen molar-refractivity contribution in [2.24, 2.45) is 0 Å². The molecule has 90 valence electrons. The molecule has 1 heterocycles. The van der Waals surface area contributed by atoms with Crippen LogP contribution in [0, 0.1) is 0 Å². The third-order valence-corrected chi connectivity index (χ3v) is 3.05. The Balaban J connectivity index is 2.30. The summed E-state index contributed by atoms with van der Waals surface area (Å²) in [5.74, 6) is 0. The number of aromatic nitrogens is 1. The van der Waals surface area contributed by atoms with Gasteiger partial charge in [0.05, 0.1) is 0 Å². The van der Waals surface area contributed by atoms with Crippen LogP contribution >= 0.6 is 11.6 Å². The summed E-state index contributed by atoms with van der Waals surface area (Å²) in [5, 5.41) is 4.08. The zero-order valence-electron chi connectivity index (χ0n) is 10.2. The second-order valence-electron chi connectivity index (χ2n) is 4.12. The van der Waals surface area contributed by atoms with E-state index in [0.717, 1.165) is 12.1 Å². The number of hydrogen-bond acceptors (Lipinski definition) is 2. The fourth-order valence-electron chi connectivity index (χ4n) is 1.70. The highest BCUT2D eigenvalue weighted by Crippen LogP contribution is 2.19. The second kappa shape index (κ2) is 7.64. The van der Waals surface area contributed by atoms with Crippen molar-refractivity contribution in [2.75, 3.05) is 6.54 Å². The molecule has 0 amide bonds. The molecule has 0 fully saturated rings. The molecular weight excluding hydrogens is 220 g/mol. The van der Waals surface area contributed by atoms with Crippen molar-refractivity contribution in [3.8, 4) is 0 Å². The maximum absolute atomic E-state index is 6.03. The lowest BCUT2D eigenvalue weighted by molar-refractivity contribution is 0.536. The van der Waals surface area contributed by atoms with E-state index in [2.05, 4.69) is 24.1 Å². The van der Waals surface area contributed by atoms with Gasteiger partial charge in [0.25, 0.3) is 0 Å². The first-order valence-corrected chi connectivity index (χ1v) is 6.47. The van der Waals surface area contributed by atoms with E-state index in [0.29, 0.717) is 5.15 Å². The number of halogens is 1. The van der Waals surface area contributed by atoms with Crippen LogP contribution in [0.1, 0.15) is 51.1 Å². The number of hydrogen-bond donors (Lipinski definition) is 1. The van der Waals surface area contributed by atoms with Gasteiger partial charge >= 0.3 is 0 Å². The number of nitrogens with one attached hydrogen (secondary N) is 1.